The normalized spacial score (nSPS) is 50.0. The van der Waals surface area contributed by atoms with Crippen LogP contribution in [0.3, 0.4) is 0 Å². The number of nitrogens with one attached hydrogen (secondary N) is 1. The molecule has 0 radical (unpaired) electrons. The number of hydrogen-bond acceptors (Lipinski definition) is 3. The van der Waals surface area contributed by atoms with Crippen LogP contribution >= 0.6 is 0 Å². The largest absolute Gasteiger partial charge is 0.463 e. The van der Waals surface area contributed by atoms with E-state index in [-0.39, 0.29) is 22.7 Å². The van der Waals surface area contributed by atoms with Gasteiger partial charge in [0.05, 0.1) is 12.0 Å². The highest BCUT2D eigenvalue weighted by Gasteiger charge is 2.56. The number of ether oxygens (including phenoxy) is 1. The maximum Gasteiger partial charge on any atom is 0.312 e. The van der Waals surface area contributed by atoms with Crippen LogP contribution in [0.25, 0.3) is 0 Å². The van der Waals surface area contributed by atoms with Gasteiger partial charge >= 0.3 is 5.97 Å². The monoisotopic (exact) mass is 385 g/mol. The Morgan fingerprint density at radius 2 is 1.07 bits per heavy atom. The highest BCUT2D eigenvalue weighted by Crippen LogP contribution is 2.61. The lowest BCUT2D eigenvalue weighted by molar-refractivity contribution is -0.171. The summed E-state index contributed by atoms with van der Waals surface area (Å²) in [7, 11) is 0. The molecule has 0 aromatic rings. The smallest absolute Gasteiger partial charge is 0.312 e. The standard InChI is InChI=1S/C24H35NO3/c26-21(23-9-15-3-16(10-23)5-17(4-15)11-23)25-1-2-28-22(27)24-12-18-6-19(13-24)8-20(7-18)14-24/h15-20H,1-14H2,(H,25,26). The topological polar surface area (TPSA) is 55.4 Å². The molecule has 8 aliphatic carbocycles. The quantitative estimate of drug-likeness (QED) is 0.573. The first-order valence-corrected chi connectivity index (χ1v) is 12.0. The van der Waals surface area contributed by atoms with E-state index in [9.17, 15) is 9.59 Å². The van der Waals surface area contributed by atoms with Crippen molar-refractivity contribution in [3.63, 3.8) is 0 Å². The summed E-state index contributed by atoms with van der Waals surface area (Å²) in [5.41, 5.74) is -0.280. The molecule has 8 aliphatic rings. The summed E-state index contributed by atoms with van der Waals surface area (Å²) in [6.45, 7) is 0.831. The lowest BCUT2D eigenvalue weighted by Crippen LogP contribution is -2.54. The first kappa shape index (κ1) is 17.8. The van der Waals surface area contributed by atoms with Crippen LogP contribution in [0.4, 0.5) is 0 Å². The number of esters is 1. The van der Waals surface area contributed by atoms with Gasteiger partial charge in [0.25, 0.3) is 0 Å². The molecule has 0 spiro atoms. The van der Waals surface area contributed by atoms with Crippen molar-refractivity contribution in [1.29, 1.82) is 0 Å². The predicted octanol–water partition coefficient (Wildman–Crippen LogP) is 4.08. The second kappa shape index (κ2) is 6.22. The third-order valence-corrected chi connectivity index (χ3v) is 9.61. The molecule has 0 atom stereocenters. The molecule has 4 heteroatoms. The maximum absolute atomic E-state index is 13.0. The van der Waals surface area contributed by atoms with Crippen LogP contribution < -0.4 is 5.32 Å². The molecule has 0 aromatic carbocycles. The van der Waals surface area contributed by atoms with Gasteiger partial charge in [-0.3, -0.25) is 9.59 Å². The van der Waals surface area contributed by atoms with E-state index >= 15 is 0 Å². The lowest BCUT2D eigenvalue weighted by atomic mass is 9.49. The minimum atomic E-state index is -0.182. The molecule has 8 bridgehead atoms. The van der Waals surface area contributed by atoms with Crippen LogP contribution in [0.5, 0.6) is 0 Å². The van der Waals surface area contributed by atoms with Crippen LogP contribution in [0.15, 0.2) is 0 Å². The van der Waals surface area contributed by atoms with Gasteiger partial charge in [-0.25, -0.2) is 0 Å². The molecule has 0 unspecified atom stereocenters. The summed E-state index contributed by atoms with van der Waals surface area (Å²) in [4.78, 5) is 25.9. The van der Waals surface area contributed by atoms with Gasteiger partial charge in [-0.15, -0.1) is 0 Å². The van der Waals surface area contributed by atoms with Crippen LogP contribution in [0, 0.1) is 46.3 Å². The molecule has 0 aliphatic heterocycles. The molecule has 8 fully saturated rings. The third-order valence-electron chi connectivity index (χ3n) is 9.61. The Balaban J connectivity index is 1.02. The first-order chi connectivity index (χ1) is 13.5. The first-order valence-electron chi connectivity index (χ1n) is 12.0. The zero-order chi connectivity index (χ0) is 18.9. The van der Waals surface area contributed by atoms with E-state index < -0.39 is 0 Å². The minimum absolute atomic E-state index is 0.0376. The Hall–Kier alpha value is -1.06. The van der Waals surface area contributed by atoms with Gasteiger partial charge in [-0.1, -0.05) is 0 Å². The fourth-order valence-corrected chi connectivity index (χ4v) is 9.40. The van der Waals surface area contributed by atoms with E-state index in [2.05, 4.69) is 5.32 Å². The molecular weight excluding hydrogens is 350 g/mol. The van der Waals surface area contributed by atoms with Crippen LogP contribution in [-0.2, 0) is 14.3 Å². The number of carbonyl (C=O) groups excluding carboxylic acids is 2. The average Bonchev–Trinajstić information content (AvgIpc) is 2.62. The minimum Gasteiger partial charge on any atom is -0.463 e. The molecule has 1 N–H and O–H groups in total. The Kier molecular flexibility index (Phi) is 3.95. The molecule has 8 saturated carbocycles. The van der Waals surface area contributed by atoms with E-state index in [0.717, 1.165) is 74.0 Å². The SMILES string of the molecule is O=C(NCCOC(=O)C12CC3CC(CC(C3)C1)C2)C12CC3CC(CC(C3)C1)C2. The summed E-state index contributed by atoms with van der Waals surface area (Å²) in [5.74, 6) is 4.91. The molecule has 154 valence electrons. The van der Waals surface area contributed by atoms with Crippen molar-refractivity contribution in [2.75, 3.05) is 13.2 Å². The third kappa shape index (κ3) is 2.76. The van der Waals surface area contributed by atoms with Crippen molar-refractivity contribution >= 4 is 11.9 Å². The van der Waals surface area contributed by atoms with Crippen LogP contribution in [0.1, 0.15) is 77.0 Å². The number of hydrogen-bond donors (Lipinski definition) is 1. The van der Waals surface area contributed by atoms with Crippen molar-refractivity contribution in [2.45, 2.75) is 77.0 Å². The molecule has 4 nitrogen and oxygen atoms in total. The van der Waals surface area contributed by atoms with E-state index in [4.69, 9.17) is 4.74 Å². The number of amides is 1. The van der Waals surface area contributed by atoms with Crippen LogP contribution in [-0.4, -0.2) is 25.0 Å². The van der Waals surface area contributed by atoms with Crippen molar-refractivity contribution in [3.05, 3.63) is 0 Å². The molecule has 0 aromatic heterocycles. The van der Waals surface area contributed by atoms with Crippen molar-refractivity contribution in [2.24, 2.45) is 46.3 Å². The fourth-order valence-electron chi connectivity index (χ4n) is 9.40. The van der Waals surface area contributed by atoms with Gasteiger partial charge in [0.1, 0.15) is 6.61 Å². The van der Waals surface area contributed by atoms with Gasteiger partial charge in [0.15, 0.2) is 0 Å². The average molecular weight is 386 g/mol. The van der Waals surface area contributed by atoms with Gasteiger partial charge in [-0.2, -0.15) is 0 Å². The maximum atomic E-state index is 13.0. The lowest BCUT2D eigenvalue weighted by Gasteiger charge is -2.55. The van der Waals surface area contributed by atoms with E-state index in [1.165, 1.54) is 38.5 Å². The van der Waals surface area contributed by atoms with E-state index in [1.807, 2.05) is 0 Å². The highest BCUT2D eigenvalue weighted by atomic mass is 16.5. The summed E-state index contributed by atoms with van der Waals surface area (Å²) in [5, 5.41) is 3.15. The highest BCUT2D eigenvalue weighted by molar-refractivity contribution is 5.83. The van der Waals surface area contributed by atoms with Crippen molar-refractivity contribution in [3.8, 4) is 0 Å². The van der Waals surface area contributed by atoms with Crippen molar-refractivity contribution < 1.29 is 14.3 Å². The van der Waals surface area contributed by atoms with Gasteiger partial charge in [-0.05, 0) is 113 Å². The summed E-state index contributed by atoms with van der Waals surface area (Å²) >= 11 is 0. The van der Waals surface area contributed by atoms with Gasteiger partial charge in [0.2, 0.25) is 5.91 Å². The molecule has 1 amide bonds. The second-order valence-corrected chi connectivity index (χ2v) is 11.8. The fraction of sp³-hybridized carbons (Fsp3) is 0.917. The zero-order valence-corrected chi connectivity index (χ0v) is 17.1. The second-order valence-electron chi connectivity index (χ2n) is 11.8. The van der Waals surface area contributed by atoms with Crippen molar-refractivity contribution in [1.82, 2.24) is 5.32 Å². The summed E-state index contributed by atoms with van der Waals surface area (Å²) in [6, 6.07) is 0. The Morgan fingerprint density at radius 3 is 1.50 bits per heavy atom. The van der Waals surface area contributed by atoms with E-state index in [1.54, 1.807) is 0 Å². The molecule has 28 heavy (non-hydrogen) atoms. The molecular formula is C24H35NO3. The Bertz CT molecular complexity index is 555. The molecule has 0 heterocycles. The molecule has 0 saturated heterocycles. The molecule has 8 rings (SSSR count). The zero-order valence-electron chi connectivity index (χ0n) is 17.1. The predicted molar refractivity (Wildman–Crippen MR) is 105 cm³/mol. The van der Waals surface area contributed by atoms with E-state index in [0.29, 0.717) is 13.2 Å². The van der Waals surface area contributed by atoms with Gasteiger partial charge < -0.3 is 10.1 Å². The summed E-state index contributed by atoms with van der Waals surface area (Å²) < 4.78 is 5.74. The van der Waals surface area contributed by atoms with Gasteiger partial charge in [0, 0.05) is 5.41 Å². The Morgan fingerprint density at radius 1 is 0.679 bits per heavy atom. The Labute approximate surface area is 168 Å². The van der Waals surface area contributed by atoms with Crippen LogP contribution in [0.2, 0.25) is 0 Å². The summed E-state index contributed by atoms with van der Waals surface area (Å²) in [6.07, 6.45) is 14.5. The number of carbonyl (C=O) groups is 2. The number of rotatable bonds is 5.